The Kier molecular flexibility index (Phi) is 4.96. The van der Waals surface area contributed by atoms with Crippen LogP contribution in [-0.2, 0) is 6.42 Å². The van der Waals surface area contributed by atoms with Crippen molar-refractivity contribution in [2.45, 2.75) is 19.3 Å². The van der Waals surface area contributed by atoms with E-state index in [4.69, 9.17) is 0 Å². The number of rotatable bonds is 4. The minimum atomic E-state index is -0.379. The fourth-order valence-corrected chi connectivity index (χ4v) is 3.60. The molecule has 138 valence electrons. The number of para-hydroxylation sites is 1. The fraction of sp³-hybridized carbons (Fsp3) is 0.286. The fourth-order valence-electron chi connectivity index (χ4n) is 3.60. The van der Waals surface area contributed by atoms with Gasteiger partial charge in [-0.2, -0.15) is 0 Å². The summed E-state index contributed by atoms with van der Waals surface area (Å²) in [6.07, 6.45) is 4.38. The Hall–Kier alpha value is -3.02. The molecule has 2 heterocycles. The van der Waals surface area contributed by atoms with Gasteiger partial charge in [-0.3, -0.25) is 9.36 Å². The lowest BCUT2D eigenvalue weighted by molar-refractivity contribution is 0.0689. The smallest absolute Gasteiger partial charge is 0.253 e. The van der Waals surface area contributed by atoms with Crippen molar-refractivity contribution in [3.8, 4) is 5.69 Å². The third-order valence-corrected chi connectivity index (χ3v) is 5.10. The highest BCUT2D eigenvalue weighted by Gasteiger charge is 2.25. The van der Waals surface area contributed by atoms with Crippen LogP contribution in [0.5, 0.6) is 0 Å². The Balaban J connectivity index is 1.38. The minimum absolute atomic E-state index is 0.0968. The molecule has 0 radical (unpaired) electrons. The van der Waals surface area contributed by atoms with Gasteiger partial charge < -0.3 is 4.90 Å². The van der Waals surface area contributed by atoms with Crippen molar-refractivity contribution in [1.29, 1.82) is 0 Å². The maximum atomic E-state index is 13.4. The van der Waals surface area contributed by atoms with Gasteiger partial charge in [0.1, 0.15) is 18.0 Å². The molecule has 1 aliphatic rings. The van der Waals surface area contributed by atoms with E-state index in [1.54, 1.807) is 18.5 Å². The number of hydrogen-bond acceptors (Lipinski definition) is 3. The van der Waals surface area contributed by atoms with E-state index < -0.39 is 0 Å². The average Bonchev–Trinajstić information content (AvgIpc) is 3.17. The Morgan fingerprint density at radius 1 is 1.07 bits per heavy atom. The number of carbonyl (C=O) groups is 1. The first-order chi connectivity index (χ1) is 13.2. The number of amides is 1. The first-order valence-electron chi connectivity index (χ1n) is 9.20. The van der Waals surface area contributed by atoms with Crippen LogP contribution in [-0.4, -0.2) is 38.7 Å². The molecule has 0 spiro atoms. The monoisotopic (exact) mass is 364 g/mol. The van der Waals surface area contributed by atoms with Gasteiger partial charge in [-0.15, -0.1) is 10.2 Å². The number of nitrogens with zero attached hydrogens (tertiary/aromatic N) is 4. The van der Waals surface area contributed by atoms with Gasteiger partial charge in [0, 0.05) is 30.8 Å². The number of hydrogen-bond donors (Lipinski definition) is 0. The van der Waals surface area contributed by atoms with E-state index in [1.807, 2.05) is 39.8 Å². The Morgan fingerprint density at radius 2 is 1.85 bits per heavy atom. The Morgan fingerprint density at radius 3 is 2.59 bits per heavy atom. The van der Waals surface area contributed by atoms with Crippen LogP contribution in [0.25, 0.3) is 5.69 Å². The van der Waals surface area contributed by atoms with Crippen LogP contribution < -0.4 is 0 Å². The summed E-state index contributed by atoms with van der Waals surface area (Å²) in [7, 11) is 0. The number of benzene rings is 2. The molecule has 1 aromatic heterocycles. The minimum Gasteiger partial charge on any atom is -0.339 e. The Labute approximate surface area is 157 Å². The van der Waals surface area contributed by atoms with E-state index in [2.05, 4.69) is 10.2 Å². The molecule has 2 aromatic carbocycles. The van der Waals surface area contributed by atoms with E-state index in [-0.39, 0.29) is 11.7 Å². The van der Waals surface area contributed by atoms with Crippen molar-refractivity contribution < 1.29 is 9.18 Å². The number of carbonyl (C=O) groups excluding carboxylic acids is 1. The predicted octanol–water partition coefficient (Wildman–Crippen LogP) is 3.50. The van der Waals surface area contributed by atoms with E-state index in [1.165, 1.54) is 12.1 Å². The van der Waals surface area contributed by atoms with Crippen LogP contribution in [0, 0.1) is 11.7 Å². The summed E-state index contributed by atoms with van der Waals surface area (Å²) in [5.41, 5.74) is 1.47. The normalized spacial score (nSPS) is 15.1. The summed E-state index contributed by atoms with van der Waals surface area (Å²) in [4.78, 5) is 14.4. The maximum Gasteiger partial charge on any atom is 0.253 e. The van der Waals surface area contributed by atoms with E-state index >= 15 is 0 Å². The van der Waals surface area contributed by atoms with Gasteiger partial charge in [0.15, 0.2) is 0 Å². The second kappa shape index (κ2) is 7.70. The average molecular weight is 364 g/mol. The molecule has 0 saturated carbocycles. The molecule has 6 heteroatoms. The summed E-state index contributed by atoms with van der Waals surface area (Å²) >= 11 is 0. The quantitative estimate of drug-likeness (QED) is 0.712. The molecule has 4 rings (SSSR count). The predicted molar refractivity (Wildman–Crippen MR) is 100 cm³/mol. The molecule has 1 saturated heterocycles. The van der Waals surface area contributed by atoms with Crippen molar-refractivity contribution in [2.24, 2.45) is 5.92 Å². The molecule has 0 aliphatic carbocycles. The van der Waals surface area contributed by atoms with Crippen LogP contribution in [0.3, 0.4) is 0 Å². The maximum absolute atomic E-state index is 13.4. The first-order valence-corrected chi connectivity index (χ1v) is 9.20. The largest absolute Gasteiger partial charge is 0.339 e. The van der Waals surface area contributed by atoms with Crippen molar-refractivity contribution in [3.05, 3.63) is 78.1 Å². The highest BCUT2D eigenvalue weighted by molar-refractivity contribution is 5.94. The van der Waals surface area contributed by atoms with Gasteiger partial charge in [0.25, 0.3) is 5.91 Å². The summed E-state index contributed by atoms with van der Waals surface area (Å²) in [6, 6.07) is 15.9. The van der Waals surface area contributed by atoms with E-state index in [0.717, 1.165) is 30.8 Å². The zero-order valence-electron chi connectivity index (χ0n) is 15.0. The van der Waals surface area contributed by atoms with E-state index in [0.29, 0.717) is 24.6 Å². The lowest BCUT2D eigenvalue weighted by atomic mass is 9.92. The summed E-state index contributed by atoms with van der Waals surface area (Å²) in [5, 5.41) is 8.36. The Bertz CT molecular complexity index is 917. The van der Waals surface area contributed by atoms with Gasteiger partial charge in [-0.25, -0.2) is 4.39 Å². The van der Waals surface area contributed by atoms with Gasteiger partial charge >= 0.3 is 0 Å². The van der Waals surface area contributed by atoms with Crippen LogP contribution in [0.4, 0.5) is 4.39 Å². The van der Waals surface area contributed by atoms with Crippen LogP contribution in [0.1, 0.15) is 29.0 Å². The summed E-state index contributed by atoms with van der Waals surface area (Å²) in [5.74, 6) is 0.917. The molecule has 0 N–H and O–H groups in total. The molecule has 0 bridgehead atoms. The van der Waals surface area contributed by atoms with Crippen LogP contribution >= 0.6 is 0 Å². The third kappa shape index (κ3) is 3.89. The molecule has 3 aromatic rings. The third-order valence-electron chi connectivity index (χ3n) is 5.10. The number of likely N-dealkylation sites (tertiary alicyclic amines) is 1. The van der Waals surface area contributed by atoms with Crippen molar-refractivity contribution in [1.82, 2.24) is 19.7 Å². The van der Waals surface area contributed by atoms with Gasteiger partial charge in [0.2, 0.25) is 0 Å². The first kappa shape index (κ1) is 17.4. The van der Waals surface area contributed by atoms with Gasteiger partial charge in [-0.05, 0) is 49.1 Å². The number of piperidine rings is 1. The van der Waals surface area contributed by atoms with Crippen LogP contribution in [0.15, 0.2) is 60.9 Å². The molecule has 1 amide bonds. The number of aromatic nitrogens is 3. The SMILES string of the molecule is O=C(c1cccc(F)c1)N1CCC(Cc2nncn2-c2ccccc2)CC1. The lowest BCUT2D eigenvalue weighted by Gasteiger charge is -2.32. The molecule has 5 nitrogen and oxygen atoms in total. The number of halogens is 1. The standard InChI is InChI=1S/C21H21FN4O/c22-18-6-4-5-17(14-18)21(27)25-11-9-16(10-12-25)13-20-24-23-15-26(20)19-7-2-1-3-8-19/h1-8,14-16H,9-13H2. The topological polar surface area (TPSA) is 51.0 Å². The zero-order valence-corrected chi connectivity index (χ0v) is 15.0. The van der Waals surface area contributed by atoms with Crippen molar-refractivity contribution in [2.75, 3.05) is 13.1 Å². The van der Waals surface area contributed by atoms with Crippen LogP contribution in [0.2, 0.25) is 0 Å². The summed E-state index contributed by atoms with van der Waals surface area (Å²) < 4.78 is 15.4. The lowest BCUT2D eigenvalue weighted by Crippen LogP contribution is -2.39. The van der Waals surface area contributed by atoms with Crippen molar-refractivity contribution in [3.63, 3.8) is 0 Å². The molecule has 1 fully saturated rings. The second-order valence-electron chi connectivity index (χ2n) is 6.90. The van der Waals surface area contributed by atoms with E-state index in [9.17, 15) is 9.18 Å². The van der Waals surface area contributed by atoms with Gasteiger partial charge in [-0.1, -0.05) is 24.3 Å². The zero-order chi connectivity index (χ0) is 18.6. The molecule has 1 aliphatic heterocycles. The molecule has 27 heavy (non-hydrogen) atoms. The molecule has 0 unspecified atom stereocenters. The van der Waals surface area contributed by atoms with Gasteiger partial charge in [0.05, 0.1) is 0 Å². The summed E-state index contributed by atoms with van der Waals surface area (Å²) in [6.45, 7) is 1.36. The highest BCUT2D eigenvalue weighted by Crippen LogP contribution is 2.23. The highest BCUT2D eigenvalue weighted by atomic mass is 19.1. The molecule has 0 atom stereocenters. The molecular formula is C21H21FN4O. The molecular weight excluding hydrogens is 343 g/mol. The van der Waals surface area contributed by atoms with Crippen molar-refractivity contribution >= 4 is 5.91 Å². The second-order valence-corrected chi connectivity index (χ2v) is 6.90.